The van der Waals surface area contributed by atoms with Gasteiger partial charge in [0.25, 0.3) is 0 Å². The van der Waals surface area contributed by atoms with Crippen molar-refractivity contribution < 1.29 is 14.2 Å². The van der Waals surface area contributed by atoms with Crippen molar-refractivity contribution in [1.82, 2.24) is 29.3 Å². The maximum absolute atomic E-state index is 12.8. The topological polar surface area (TPSA) is 105 Å². The lowest BCUT2D eigenvalue weighted by atomic mass is 10.0. The van der Waals surface area contributed by atoms with Gasteiger partial charge in [0.2, 0.25) is 5.79 Å². The van der Waals surface area contributed by atoms with E-state index >= 15 is 0 Å². The first-order chi connectivity index (χ1) is 23.5. The summed E-state index contributed by atoms with van der Waals surface area (Å²) in [6.45, 7) is 8.99. The third kappa shape index (κ3) is 6.71. The molecule has 3 atom stereocenters. The van der Waals surface area contributed by atoms with Crippen LogP contribution in [-0.4, -0.2) is 74.8 Å². The van der Waals surface area contributed by atoms with Crippen LogP contribution in [0, 0.1) is 0 Å². The van der Waals surface area contributed by atoms with Crippen LogP contribution in [0.15, 0.2) is 102 Å². The summed E-state index contributed by atoms with van der Waals surface area (Å²) in [5.41, 5.74) is 3.97. The lowest BCUT2D eigenvalue weighted by molar-refractivity contribution is -0.314. The summed E-state index contributed by atoms with van der Waals surface area (Å²) in [7, 11) is 0. The first-order valence-electron chi connectivity index (χ1n) is 16.7. The molecule has 4 heterocycles. The first-order valence-corrected chi connectivity index (χ1v) is 16.7. The largest absolute Gasteiger partial charge is 0.491 e. The standard InChI is InChI=1S/C36H42N8O4/c1-3-28(2)44-35(45)42(27-39-44)32-11-9-30(10-12-32)40-20-22-41(23-21-40)31-13-15-33(16-14-31)46-25-34-17-24-47-36(48-34,26-43-37-18-19-38-43)29-7-5-4-6-8-29/h4-16,18-19,27-28,34H,3,17,20-26H2,1-2H3/t28-,34-,36-/m0/s1. The monoisotopic (exact) mass is 650 g/mol. The zero-order chi connectivity index (χ0) is 32.9. The predicted octanol–water partition coefficient (Wildman–Crippen LogP) is 4.66. The highest BCUT2D eigenvalue weighted by molar-refractivity contribution is 5.54. The van der Waals surface area contributed by atoms with Crippen LogP contribution in [-0.2, 0) is 21.8 Å². The van der Waals surface area contributed by atoms with Gasteiger partial charge in [-0.2, -0.15) is 20.1 Å². The first kappa shape index (κ1) is 31.6. The van der Waals surface area contributed by atoms with Gasteiger partial charge < -0.3 is 24.0 Å². The Morgan fingerprint density at radius 3 is 2.12 bits per heavy atom. The van der Waals surface area contributed by atoms with Crippen molar-refractivity contribution in [3.8, 4) is 11.4 Å². The number of piperazine rings is 1. The molecular formula is C36H42N8O4. The second-order valence-electron chi connectivity index (χ2n) is 12.3. The minimum absolute atomic E-state index is 0.0722. The number of nitrogens with zero attached hydrogens (tertiary/aromatic N) is 8. The molecule has 12 heteroatoms. The van der Waals surface area contributed by atoms with Crippen LogP contribution >= 0.6 is 0 Å². The van der Waals surface area contributed by atoms with E-state index in [0.29, 0.717) is 19.8 Å². The minimum Gasteiger partial charge on any atom is -0.491 e. The number of hydrogen-bond acceptors (Lipinski definition) is 9. The highest BCUT2D eigenvalue weighted by atomic mass is 16.7. The number of aromatic nitrogens is 6. The van der Waals surface area contributed by atoms with Crippen LogP contribution in [0.5, 0.6) is 5.75 Å². The van der Waals surface area contributed by atoms with E-state index < -0.39 is 5.79 Å². The summed E-state index contributed by atoms with van der Waals surface area (Å²) in [5, 5.41) is 12.9. The van der Waals surface area contributed by atoms with Gasteiger partial charge in [0.1, 0.15) is 25.2 Å². The lowest BCUT2D eigenvalue weighted by Crippen LogP contribution is -2.47. The fourth-order valence-corrected chi connectivity index (χ4v) is 6.32. The summed E-state index contributed by atoms with van der Waals surface area (Å²) >= 11 is 0. The minimum atomic E-state index is -0.989. The fourth-order valence-electron chi connectivity index (χ4n) is 6.32. The second-order valence-corrected chi connectivity index (χ2v) is 12.3. The van der Waals surface area contributed by atoms with Gasteiger partial charge >= 0.3 is 5.69 Å². The van der Waals surface area contributed by atoms with Crippen molar-refractivity contribution in [2.45, 2.75) is 51.2 Å². The number of hydrogen-bond donors (Lipinski definition) is 0. The molecular weight excluding hydrogens is 608 g/mol. The van der Waals surface area contributed by atoms with Gasteiger partial charge in [-0.25, -0.2) is 14.0 Å². The normalized spacial score (nSPS) is 20.5. The molecule has 0 saturated carbocycles. The van der Waals surface area contributed by atoms with Crippen molar-refractivity contribution in [2.24, 2.45) is 0 Å². The molecule has 0 unspecified atom stereocenters. The molecule has 3 aromatic carbocycles. The van der Waals surface area contributed by atoms with Crippen LogP contribution in [0.3, 0.4) is 0 Å². The van der Waals surface area contributed by atoms with Crippen molar-refractivity contribution in [3.63, 3.8) is 0 Å². The van der Waals surface area contributed by atoms with Gasteiger partial charge in [-0.3, -0.25) is 0 Å². The van der Waals surface area contributed by atoms with Gasteiger partial charge in [-0.05, 0) is 61.9 Å². The van der Waals surface area contributed by atoms with Gasteiger partial charge in [0.15, 0.2) is 0 Å². The molecule has 2 aliphatic rings. The molecule has 12 nitrogen and oxygen atoms in total. The molecule has 2 aliphatic heterocycles. The molecule has 2 fully saturated rings. The highest BCUT2D eigenvalue weighted by Crippen LogP contribution is 2.35. The molecule has 7 rings (SSSR count). The van der Waals surface area contributed by atoms with E-state index in [0.717, 1.165) is 61.7 Å². The number of benzene rings is 3. The summed E-state index contributed by atoms with van der Waals surface area (Å²) in [5.74, 6) is -0.183. The molecule has 0 N–H and O–H groups in total. The summed E-state index contributed by atoms with van der Waals surface area (Å²) in [6.07, 6.45) is 6.35. The molecule has 0 bridgehead atoms. The molecule has 2 aromatic heterocycles. The Labute approximate surface area is 280 Å². The summed E-state index contributed by atoms with van der Waals surface area (Å²) < 4.78 is 22.2. The number of anilines is 2. The Hall–Kier alpha value is -4.94. The van der Waals surface area contributed by atoms with Crippen molar-refractivity contribution in [1.29, 1.82) is 0 Å². The predicted molar refractivity (Wildman–Crippen MR) is 183 cm³/mol. The Kier molecular flexibility index (Phi) is 9.26. The number of ether oxygens (including phenoxy) is 3. The van der Waals surface area contributed by atoms with Gasteiger partial charge in [-0.15, -0.1) is 0 Å². The maximum atomic E-state index is 12.8. The van der Waals surface area contributed by atoms with E-state index in [-0.39, 0.29) is 17.8 Å². The smallest absolute Gasteiger partial charge is 0.350 e. The van der Waals surface area contributed by atoms with Crippen LogP contribution in [0.1, 0.15) is 38.3 Å². The van der Waals surface area contributed by atoms with Crippen LogP contribution in [0.4, 0.5) is 11.4 Å². The van der Waals surface area contributed by atoms with E-state index in [1.54, 1.807) is 32.8 Å². The molecule has 48 heavy (non-hydrogen) atoms. The second kappa shape index (κ2) is 14.0. The average Bonchev–Trinajstić information content (AvgIpc) is 3.80. The molecule has 0 amide bonds. The zero-order valence-electron chi connectivity index (χ0n) is 27.5. The maximum Gasteiger partial charge on any atom is 0.350 e. The van der Waals surface area contributed by atoms with E-state index in [4.69, 9.17) is 14.2 Å². The van der Waals surface area contributed by atoms with Crippen molar-refractivity contribution >= 4 is 11.4 Å². The fraction of sp³-hybridized carbons (Fsp3) is 0.389. The Morgan fingerprint density at radius 2 is 1.48 bits per heavy atom. The van der Waals surface area contributed by atoms with E-state index in [9.17, 15) is 4.79 Å². The van der Waals surface area contributed by atoms with Gasteiger partial charge in [0, 0.05) is 49.5 Å². The van der Waals surface area contributed by atoms with Crippen molar-refractivity contribution in [2.75, 3.05) is 49.2 Å². The molecule has 0 radical (unpaired) electrons. The van der Waals surface area contributed by atoms with E-state index in [2.05, 4.69) is 56.3 Å². The van der Waals surface area contributed by atoms with Crippen LogP contribution in [0.2, 0.25) is 0 Å². The van der Waals surface area contributed by atoms with E-state index in [1.165, 1.54) is 5.69 Å². The third-order valence-electron chi connectivity index (χ3n) is 9.27. The SMILES string of the molecule is CC[C@H](C)n1ncn(-c2ccc(N3CCN(c4ccc(OC[C@@H]5CCO[C@](Cn6nccn6)(c6ccccc6)O5)cc4)CC3)cc2)c1=O. The van der Waals surface area contributed by atoms with Crippen molar-refractivity contribution in [3.05, 3.63) is 114 Å². The molecule has 0 spiro atoms. The highest BCUT2D eigenvalue weighted by Gasteiger charge is 2.42. The average molecular weight is 651 g/mol. The van der Waals surface area contributed by atoms with Gasteiger partial charge in [0.05, 0.1) is 36.8 Å². The molecule has 250 valence electrons. The Morgan fingerprint density at radius 1 is 0.854 bits per heavy atom. The Balaban J connectivity index is 0.924. The summed E-state index contributed by atoms with van der Waals surface area (Å²) in [4.78, 5) is 19.2. The summed E-state index contributed by atoms with van der Waals surface area (Å²) in [6, 6.07) is 26.5. The lowest BCUT2D eigenvalue weighted by Gasteiger charge is -2.40. The molecule has 0 aliphatic carbocycles. The van der Waals surface area contributed by atoms with E-state index in [1.807, 2.05) is 61.5 Å². The number of rotatable bonds is 11. The van der Waals surface area contributed by atoms with Crippen LogP contribution in [0.25, 0.3) is 5.69 Å². The Bertz CT molecular complexity index is 1800. The quantitative estimate of drug-likeness (QED) is 0.202. The van der Waals surface area contributed by atoms with Crippen LogP contribution < -0.4 is 20.2 Å². The van der Waals surface area contributed by atoms with Gasteiger partial charge in [-0.1, -0.05) is 37.3 Å². The molecule has 5 aromatic rings. The molecule has 2 saturated heterocycles. The zero-order valence-corrected chi connectivity index (χ0v) is 27.5. The third-order valence-corrected chi connectivity index (χ3v) is 9.27.